The summed E-state index contributed by atoms with van der Waals surface area (Å²) in [5.41, 5.74) is 0.417. The molecule has 6 nitrogen and oxygen atoms in total. The van der Waals surface area contributed by atoms with Crippen LogP contribution in [0.25, 0.3) is 0 Å². The molecule has 1 atom stereocenters. The average molecular weight is 344 g/mol. The van der Waals surface area contributed by atoms with E-state index < -0.39 is 0 Å². The molecule has 0 saturated carbocycles. The van der Waals surface area contributed by atoms with Crippen LogP contribution in [0.15, 0.2) is 36.7 Å². The highest BCUT2D eigenvalue weighted by molar-refractivity contribution is 5.79. The van der Waals surface area contributed by atoms with Crippen molar-refractivity contribution in [3.05, 3.63) is 48.0 Å². The van der Waals surface area contributed by atoms with E-state index in [2.05, 4.69) is 9.97 Å². The average Bonchev–Trinajstić information content (AvgIpc) is 3.06. The summed E-state index contributed by atoms with van der Waals surface area (Å²) in [4.78, 5) is 24.4. The Labute approximate surface area is 146 Å². The van der Waals surface area contributed by atoms with Gasteiger partial charge in [-0.3, -0.25) is 4.79 Å². The first kappa shape index (κ1) is 17.1. The van der Waals surface area contributed by atoms with E-state index in [1.807, 2.05) is 19.0 Å². The zero-order chi connectivity index (χ0) is 17.8. The van der Waals surface area contributed by atoms with Crippen LogP contribution in [0.3, 0.4) is 0 Å². The lowest BCUT2D eigenvalue weighted by molar-refractivity contribution is -0.129. The van der Waals surface area contributed by atoms with E-state index in [0.29, 0.717) is 36.8 Å². The lowest BCUT2D eigenvalue weighted by Crippen LogP contribution is -2.32. The molecule has 1 aliphatic rings. The molecule has 1 fully saturated rings. The predicted molar refractivity (Wildman–Crippen MR) is 92.1 cm³/mol. The summed E-state index contributed by atoms with van der Waals surface area (Å²) >= 11 is 0. The quantitative estimate of drug-likeness (QED) is 0.829. The van der Waals surface area contributed by atoms with Gasteiger partial charge in [0.1, 0.15) is 11.9 Å². The van der Waals surface area contributed by atoms with Crippen molar-refractivity contribution in [2.45, 2.75) is 18.9 Å². The van der Waals surface area contributed by atoms with Gasteiger partial charge in [0, 0.05) is 39.5 Å². The topological polar surface area (TPSA) is 58.6 Å². The smallest absolute Gasteiger partial charge is 0.257 e. The lowest BCUT2D eigenvalue weighted by atomic mass is 10.1. The molecule has 25 heavy (non-hydrogen) atoms. The first-order valence-corrected chi connectivity index (χ1v) is 8.20. The Morgan fingerprint density at radius 3 is 2.84 bits per heavy atom. The van der Waals surface area contributed by atoms with Crippen molar-refractivity contribution in [2.75, 3.05) is 32.1 Å². The van der Waals surface area contributed by atoms with E-state index >= 15 is 0 Å². The number of likely N-dealkylation sites (tertiary alicyclic amines) is 1. The number of carbonyl (C=O) groups excluding carboxylic acids is 1. The van der Waals surface area contributed by atoms with Crippen LogP contribution in [0.4, 0.5) is 10.2 Å². The summed E-state index contributed by atoms with van der Waals surface area (Å²) in [6, 6.07) is 6.36. The fraction of sp³-hybridized carbons (Fsp3) is 0.389. The minimum atomic E-state index is -0.349. The van der Waals surface area contributed by atoms with Gasteiger partial charge in [0.25, 0.3) is 5.88 Å². The largest absolute Gasteiger partial charge is 0.470 e. The Morgan fingerprint density at radius 1 is 1.32 bits per heavy atom. The van der Waals surface area contributed by atoms with Crippen LogP contribution in [0.5, 0.6) is 5.88 Å². The molecule has 0 radical (unpaired) electrons. The van der Waals surface area contributed by atoms with Crippen molar-refractivity contribution in [1.82, 2.24) is 14.9 Å². The standard InChI is InChI=1S/C18H21FN4O2/c1-22(2)17-18(21-9-8-20-17)25-14-7-10-23(12-14)16(24)11-13-5-3-4-6-15(13)19/h3-6,8-9,14H,7,10-12H2,1-2H3. The van der Waals surface area contributed by atoms with E-state index in [4.69, 9.17) is 4.74 Å². The summed E-state index contributed by atoms with van der Waals surface area (Å²) in [7, 11) is 3.74. The highest BCUT2D eigenvalue weighted by atomic mass is 19.1. The highest BCUT2D eigenvalue weighted by Crippen LogP contribution is 2.24. The number of hydrogen-bond acceptors (Lipinski definition) is 5. The molecule has 1 unspecified atom stereocenters. The Hall–Kier alpha value is -2.70. The molecule has 1 aromatic carbocycles. The molecular formula is C18H21FN4O2. The molecule has 7 heteroatoms. The fourth-order valence-electron chi connectivity index (χ4n) is 2.83. The number of halogens is 1. The van der Waals surface area contributed by atoms with Crippen molar-refractivity contribution in [1.29, 1.82) is 0 Å². The first-order valence-electron chi connectivity index (χ1n) is 8.20. The molecule has 0 N–H and O–H groups in total. The minimum Gasteiger partial charge on any atom is -0.470 e. The van der Waals surface area contributed by atoms with E-state index in [-0.39, 0.29) is 24.2 Å². The molecule has 0 aliphatic carbocycles. The second-order valence-electron chi connectivity index (χ2n) is 6.22. The molecule has 1 amide bonds. The molecule has 3 rings (SSSR count). The van der Waals surface area contributed by atoms with Crippen LogP contribution in [-0.4, -0.2) is 54.1 Å². The zero-order valence-corrected chi connectivity index (χ0v) is 14.4. The first-order chi connectivity index (χ1) is 12.0. The van der Waals surface area contributed by atoms with E-state index in [0.717, 1.165) is 0 Å². The van der Waals surface area contributed by atoms with Crippen molar-refractivity contribution in [3.8, 4) is 5.88 Å². The van der Waals surface area contributed by atoms with Crippen molar-refractivity contribution in [2.24, 2.45) is 0 Å². The Morgan fingerprint density at radius 2 is 2.08 bits per heavy atom. The van der Waals surface area contributed by atoms with Crippen LogP contribution >= 0.6 is 0 Å². The van der Waals surface area contributed by atoms with Crippen LogP contribution in [-0.2, 0) is 11.2 Å². The Balaban J connectivity index is 1.60. The van der Waals surface area contributed by atoms with Gasteiger partial charge in [0.15, 0.2) is 5.82 Å². The maximum Gasteiger partial charge on any atom is 0.257 e. The van der Waals surface area contributed by atoms with Crippen LogP contribution in [0.2, 0.25) is 0 Å². The Bertz CT molecular complexity index is 753. The van der Waals surface area contributed by atoms with Crippen molar-refractivity contribution in [3.63, 3.8) is 0 Å². The number of anilines is 1. The number of hydrogen-bond donors (Lipinski definition) is 0. The van der Waals surface area contributed by atoms with Gasteiger partial charge in [-0.15, -0.1) is 0 Å². The number of amides is 1. The summed E-state index contributed by atoms with van der Waals surface area (Å²) in [6.07, 6.45) is 3.83. The van der Waals surface area contributed by atoms with Gasteiger partial charge in [-0.2, -0.15) is 0 Å². The van der Waals surface area contributed by atoms with E-state index in [9.17, 15) is 9.18 Å². The van der Waals surface area contributed by atoms with Gasteiger partial charge >= 0.3 is 0 Å². The monoisotopic (exact) mass is 344 g/mol. The van der Waals surface area contributed by atoms with Crippen molar-refractivity contribution < 1.29 is 13.9 Å². The van der Waals surface area contributed by atoms with E-state index in [1.54, 1.807) is 35.5 Å². The van der Waals surface area contributed by atoms with Gasteiger partial charge in [-0.25, -0.2) is 14.4 Å². The van der Waals surface area contributed by atoms with E-state index in [1.165, 1.54) is 6.07 Å². The number of benzene rings is 1. The van der Waals surface area contributed by atoms with Crippen LogP contribution < -0.4 is 9.64 Å². The van der Waals surface area contributed by atoms with Gasteiger partial charge in [-0.05, 0) is 11.6 Å². The number of nitrogens with zero attached hydrogens (tertiary/aromatic N) is 4. The maximum atomic E-state index is 13.7. The summed E-state index contributed by atoms with van der Waals surface area (Å²) in [5.74, 6) is 0.667. The normalized spacial score (nSPS) is 16.8. The van der Waals surface area contributed by atoms with Gasteiger partial charge in [-0.1, -0.05) is 18.2 Å². The molecule has 1 saturated heterocycles. The van der Waals surface area contributed by atoms with Crippen molar-refractivity contribution >= 4 is 11.7 Å². The lowest BCUT2D eigenvalue weighted by Gasteiger charge is -2.19. The van der Waals surface area contributed by atoms with Crippen LogP contribution in [0.1, 0.15) is 12.0 Å². The van der Waals surface area contributed by atoms with Crippen LogP contribution in [0, 0.1) is 5.82 Å². The third kappa shape index (κ3) is 4.04. The summed E-state index contributed by atoms with van der Waals surface area (Å²) in [6.45, 7) is 1.06. The molecule has 0 spiro atoms. The van der Waals surface area contributed by atoms with Gasteiger partial charge in [0.2, 0.25) is 5.91 Å². The zero-order valence-electron chi connectivity index (χ0n) is 14.4. The number of carbonyl (C=O) groups is 1. The Kier molecular flexibility index (Phi) is 5.11. The minimum absolute atomic E-state index is 0.0630. The summed E-state index contributed by atoms with van der Waals surface area (Å²) in [5, 5.41) is 0. The molecule has 1 aliphatic heterocycles. The van der Waals surface area contributed by atoms with Gasteiger partial charge in [0.05, 0.1) is 13.0 Å². The molecule has 2 heterocycles. The second kappa shape index (κ2) is 7.46. The molecule has 2 aromatic rings. The second-order valence-corrected chi connectivity index (χ2v) is 6.22. The number of aromatic nitrogens is 2. The summed E-state index contributed by atoms with van der Waals surface area (Å²) < 4.78 is 19.6. The molecule has 1 aromatic heterocycles. The fourth-order valence-corrected chi connectivity index (χ4v) is 2.83. The third-order valence-corrected chi connectivity index (χ3v) is 4.15. The molecule has 132 valence electrons. The number of rotatable bonds is 5. The maximum absolute atomic E-state index is 13.7. The van der Waals surface area contributed by atoms with Gasteiger partial charge < -0.3 is 14.5 Å². The molecular weight excluding hydrogens is 323 g/mol. The predicted octanol–water partition coefficient (Wildman–Crippen LogP) is 1.90. The highest BCUT2D eigenvalue weighted by Gasteiger charge is 2.29. The third-order valence-electron chi connectivity index (χ3n) is 4.15. The number of ether oxygens (including phenoxy) is 1. The SMILES string of the molecule is CN(C)c1nccnc1OC1CCN(C(=O)Cc2ccccc2F)C1. The molecule has 0 bridgehead atoms.